The molecule has 1 nitrogen and oxygen atoms in total. The van der Waals surface area contributed by atoms with Crippen LogP contribution in [0, 0.1) is 35.5 Å². The number of nitrogens with two attached hydrogens (primary N) is 1. The molecule has 0 aromatic carbocycles. The molecule has 2 N–H and O–H groups in total. The van der Waals surface area contributed by atoms with E-state index in [1.165, 1.54) is 103 Å². The van der Waals surface area contributed by atoms with Crippen LogP contribution in [0.2, 0.25) is 0 Å². The van der Waals surface area contributed by atoms with Gasteiger partial charge in [-0.1, -0.05) is 125 Å². The fourth-order valence-corrected chi connectivity index (χ4v) is 5.62. The fourth-order valence-electron chi connectivity index (χ4n) is 5.62. The molecule has 0 spiro atoms. The van der Waals surface area contributed by atoms with Gasteiger partial charge in [-0.05, 0) is 54.9 Å². The van der Waals surface area contributed by atoms with Crippen molar-refractivity contribution < 1.29 is 0 Å². The van der Waals surface area contributed by atoms with Crippen molar-refractivity contribution >= 4 is 0 Å². The van der Waals surface area contributed by atoms with E-state index in [2.05, 4.69) is 34.6 Å². The van der Waals surface area contributed by atoms with E-state index in [4.69, 9.17) is 5.73 Å². The summed E-state index contributed by atoms with van der Waals surface area (Å²) < 4.78 is 0. The Morgan fingerprint density at radius 3 is 1.00 bits per heavy atom. The first kappa shape index (κ1) is 27.0. The topological polar surface area (TPSA) is 26.0 Å². The van der Waals surface area contributed by atoms with Crippen LogP contribution in [0.5, 0.6) is 0 Å². The van der Waals surface area contributed by atoms with Gasteiger partial charge >= 0.3 is 0 Å². The maximum atomic E-state index is 5.55. The zero-order chi connectivity index (χ0) is 21.5. The quantitative estimate of drug-likeness (QED) is 0.483. The van der Waals surface area contributed by atoms with E-state index < -0.39 is 0 Å². The SMILES string of the molecule is CC1CCC(CN)CC1.CCCC1CCC(C)CC1.CCCC1CCC(C)CC1. The third kappa shape index (κ3) is 13.1. The zero-order valence-electron chi connectivity index (χ0n) is 21.1. The molecule has 3 saturated carbocycles. The highest BCUT2D eigenvalue weighted by Gasteiger charge is 2.18. The van der Waals surface area contributed by atoms with E-state index in [0.29, 0.717) is 0 Å². The lowest BCUT2D eigenvalue weighted by molar-refractivity contribution is 0.276. The van der Waals surface area contributed by atoms with E-state index >= 15 is 0 Å². The summed E-state index contributed by atoms with van der Waals surface area (Å²) in [6, 6.07) is 0. The highest BCUT2D eigenvalue weighted by atomic mass is 14.5. The van der Waals surface area contributed by atoms with Gasteiger partial charge in [-0.2, -0.15) is 0 Å². The van der Waals surface area contributed by atoms with Crippen molar-refractivity contribution in [1.29, 1.82) is 0 Å². The van der Waals surface area contributed by atoms with Crippen molar-refractivity contribution in [2.45, 2.75) is 137 Å². The van der Waals surface area contributed by atoms with E-state index in [9.17, 15) is 0 Å². The summed E-state index contributed by atoms with van der Waals surface area (Å²) in [4.78, 5) is 0. The summed E-state index contributed by atoms with van der Waals surface area (Å²) in [5.41, 5.74) is 5.55. The van der Waals surface area contributed by atoms with Gasteiger partial charge in [-0.15, -0.1) is 0 Å². The molecule has 0 amide bonds. The van der Waals surface area contributed by atoms with Gasteiger partial charge in [0.2, 0.25) is 0 Å². The van der Waals surface area contributed by atoms with Crippen LogP contribution in [0.1, 0.15) is 137 Å². The summed E-state index contributed by atoms with van der Waals surface area (Å²) in [5, 5.41) is 0. The molecule has 0 aliphatic heterocycles. The number of hydrogen-bond donors (Lipinski definition) is 1. The van der Waals surface area contributed by atoms with Crippen molar-refractivity contribution in [3.63, 3.8) is 0 Å². The minimum atomic E-state index is 0.848. The Hall–Kier alpha value is -0.0400. The first-order valence-corrected chi connectivity index (χ1v) is 13.7. The minimum absolute atomic E-state index is 0.848. The largest absolute Gasteiger partial charge is 0.330 e. The van der Waals surface area contributed by atoms with Crippen LogP contribution >= 0.6 is 0 Å². The molecule has 3 fully saturated rings. The summed E-state index contributed by atoms with van der Waals surface area (Å²) in [6.45, 7) is 12.6. The minimum Gasteiger partial charge on any atom is -0.330 e. The highest BCUT2D eigenvalue weighted by molar-refractivity contribution is 4.71. The molecule has 0 bridgehead atoms. The van der Waals surface area contributed by atoms with Gasteiger partial charge in [0.15, 0.2) is 0 Å². The molecule has 0 aromatic rings. The molecule has 1 heteroatoms. The average molecular weight is 408 g/mol. The molecular weight excluding hydrogens is 350 g/mol. The Kier molecular flexibility index (Phi) is 15.5. The Bertz CT molecular complexity index is 317. The Labute approximate surface area is 185 Å². The van der Waals surface area contributed by atoms with Crippen molar-refractivity contribution in [2.75, 3.05) is 6.54 Å². The summed E-state index contributed by atoms with van der Waals surface area (Å²) >= 11 is 0. The second-order valence-corrected chi connectivity index (χ2v) is 11.2. The lowest BCUT2D eigenvalue weighted by atomic mass is 9.81. The van der Waals surface area contributed by atoms with E-state index in [0.717, 1.165) is 42.1 Å². The molecule has 0 saturated heterocycles. The van der Waals surface area contributed by atoms with E-state index in [1.54, 1.807) is 0 Å². The molecule has 29 heavy (non-hydrogen) atoms. The third-order valence-corrected chi connectivity index (χ3v) is 8.13. The van der Waals surface area contributed by atoms with Crippen LogP contribution in [0.4, 0.5) is 0 Å². The maximum absolute atomic E-state index is 5.55. The van der Waals surface area contributed by atoms with Gasteiger partial charge in [-0.3, -0.25) is 0 Å². The fraction of sp³-hybridized carbons (Fsp3) is 1.00. The van der Waals surface area contributed by atoms with Gasteiger partial charge in [-0.25, -0.2) is 0 Å². The van der Waals surface area contributed by atoms with Crippen LogP contribution in [-0.4, -0.2) is 6.54 Å². The van der Waals surface area contributed by atoms with Gasteiger partial charge < -0.3 is 5.73 Å². The van der Waals surface area contributed by atoms with Crippen molar-refractivity contribution in [2.24, 2.45) is 41.2 Å². The standard InChI is InChI=1S/2C10H20.C8H17N/c2*1-3-4-10-7-5-9(2)6-8-10;1-7-2-4-8(6-9)5-3-7/h2*9-10H,3-8H2,1-2H3;7-8H,2-6,9H2,1H3. The first-order valence-electron chi connectivity index (χ1n) is 13.7. The zero-order valence-corrected chi connectivity index (χ0v) is 21.1. The summed E-state index contributed by atoms with van der Waals surface area (Å²) in [5.74, 6) is 6.03. The molecule has 0 heterocycles. The van der Waals surface area contributed by atoms with Gasteiger partial charge in [0.05, 0.1) is 0 Å². The summed E-state index contributed by atoms with van der Waals surface area (Å²) in [6.07, 6.45) is 23.3. The van der Waals surface area contributed by atoms with Crippen molar-refractivity contribution in [3.8, 4) is 0 Å². The molecular formula is C28H57N. The lowest BCUT2D eigenvalue weighted by Crippen LogP contribution is -2.20. The maximum Gasteiger partial charge on any atom is -0.00489 e. The second-order valence-electron chi connectivity index (χ2n) is 11.2. The second kappa shape index (κ2) is 16.6. The van der Waals surface area contributed by atoms with Crippen LogP contribution in [-0.2, 0) is 0 Å². The Morgan fingerprint density at radius 2 is 0.759 bits per heavy atom. The molecule has 3 aliphatic carbocycles. The van der Waals surface area contributed by atoms with Crippen molar-refractivity contribution in [3.05, 3.63) is 0 Å². The predicted octanol–water partition coefficient (Wildman–Crippen LogP) is 9.00. The third-order valence-electron chi connectivity index (χ3n) is 8.13. The molecule has 0 aromatic heterocycles. The molecule has 174 valence electrons. The normalized spacial score (nSPS) is 35.0. The average Bonchev–Trinajstić information content (AvgIpc) is 2.73. The molecule has 0 atom stereocenters. The highest BCUT2D eigenvalue weighted by Crippen LogP contribution is 2.31. The smallest absolute Gasteiger partial charge is 0.00489 e. The van der Waals surface area contributed by atoms with Gasteiger partial charge in [0.1, 0.15) is 0 Å². The van der Waals surface area contributed by atoms with Crippen LogP contribution in [0.15, 0.2) is 0 Å². The molecule has 0 radical (unpaired) electrons. The predicted molar refractivity (Wildman–Crippen MR) is 132 cm³/mol. The lowest BCUT2D eigenvalue weighted by Gasteiger charge is -2.25. The number of rotatable bonds is 5. The summed E-state index contributed by atoms with van der Waals surface area (Å²) in [7, 11) is 0. The number of hydrogen-bond acceptors (Lipinski definition) is 1. The van der Waals surface area contributed by atoms with Crippen LogP contribution < -0.4 is 5.73 Å². The van der Waals surface area contributed by atoms with E-state index in [-0.39, 0.29) is 0 Å². The monoisotopic (exact) mass is 407 g/mol. The molecule has 3 aliphatic rings. The van der Waals surface area contributed by atoms with Gasteiger partial charge in [0.25, 0.3) is 0 Å². The van der Waals surface area contributed by atoms with Gasteiger partial charge in [0, 0.05) is 0 Å². The van der Waals surface area contributed by atoms with Crippen LogP contribution in [0.3, 0.4) is 0 Å². The van der Waals surface area contributed by atoms with Crippen LogP contribution in [0.25, 0.3) is 0 Å². The molecule has 0 unspecified atom stereocenters. The Morgan fingerprint density at radius 1 is 0.483 bits per heavy atom. The molecule has 3 rings (SSSR count). The van der Waals surface area contributed by atoms with Crippen molar-refractivity contribution in [1.82, 2.24) is 0 Å². The first-order chi connectivity index (χ1) is 14.0. The van der Waals surface area contributed by atoms with E-state index in [1.807, 2.05) is 0 Å². The Balaban J connectivity index is 0.000000218.